The summed E-state index contributed by atoms with van der Waals surface area (Å²) < 4.78 is 19.5. The van der Waals surface area contributed by atoms with Crippen molar-refractivity contribution in [3.8, 4) is 0 Å². The molecule has 27 heavy (non-hydrogen) atoms. The molecule has 2 aromatic heterocycles. The second-order valence-corrected chi connectivity index (χ2v) is 8.07. The first-order valence-electron chi connectivity index (χ1n) is 8.84. The number of ether oxygens (including phenoxy) is 1. The van der Waals surface area contributed by atoms with Crippen molar-refractivity contribution in [2.24, 2.45) is 5.92 Å². The summed E-state index contributed by atoms with van der Waals surface area (Å²) >= 11 is 6.05. The summed E-state index contributed by atoms with van der Waals surface area (Å²) in [5, 5.41) is 3.48. The molecule has 1 N–H and O–H groups in total. The van der Waals surface area contributed by atoms with Crippen LogP contribution in [0.15, 0.2) is 18.5 Å². The maximum Gasteiger partial charge on any atom is 0.410 e. The van der Waals surface area contributed by atoms with Crippen LogP contribution in [0.3, 0.4) is 0 Å². The first kappa shape index (κ1) is 19.5. The number of hydrogen-bond donors (Lipinski definition) is 1. The lowest BCUT2D eigenvalue weighted by molar-refractivity contribution is 0.00697. The molecule has 7 nitrogen and oxygen atoms in total. The summed E-state index contributed by atoms with van der Waals surface area (Å²) in [6.07, 6.45) is 1.92. The Balaban J connectivity index is 1.68. The molecule has 1 fully saturated rings. The third-order valence-electron chi connectivity index (χ3n) is 4.12. The number of nitrogens with one attached hydrogen (secondary N) is 1. The van der Waals surface area contributed by atoms with Crippen LogP contribution in [-0.2, 0) is 4.74 Å². The zero-order valence-electron chi connectivity index (χ0n) is 15.6. The van der Waals surface area contributed by atoms with Gasteiger partial charge in [-0.25, -0.2) is 19.2 Å². The lowest BCUT2D eigenvalue weighted by atomic mass is 9.97. The minimum atomic E-state index is -1.10. The Hall–Kier alpha value is -2.22. The molecular formula is C18H23ClFN5O2. The number of halogens is 2. The van der Waals surface area contributed by atoms with E-state index in [-0.39, 0.29) is 12.5 Å². The number of carbonyl (C=O) groups is 1. The van der Waals surface area contributed by atoms with Crippen LogP contribution in [0.1, 0.15) is 27.2 Å². The zero-order valence-corrected chi connectivity index (χ0v) is 16.3. The summed E-state index contributed by atoms with van der Waals surface area (Å²) in [6, 6.07) is 1.64. The summed E-state index contributed by atoms with van der Waals surface area (Å²) in [6.45, 7) is 6.26. The van der Waals surface area contributed by atoms with E-state index in [0.29, 0.717) is 41.5 Å². The number of anilines is 1. The summed E-state index contributed by atoms with van der Waals surface area (Å²) in [5.74, 6) is 0.407. The molecule has 1 aliphatic heterocycles. The third-order valence-corrected chi connectivity index (χ3v) is 4.31. The molecule has 3 rings (SSSR count). The van der Waals surface area contributed by atoms with Crippen LogP contribution in [-0.4, -0.2) is 57.4 Å². The van der Waals surface area contributed by atoms with Crippen LogP contribution < -0.4 is 5.32 Å². The zero-order chi connectivity index (χ0) is 19.6. The predicted molar refractivity (Wildman–Crippen MR) is 102 cm³/mol. The van der Waals surface area contributed by atoms with Crippen LogP contribution in [0.25, 0.3) is 11.0 Å². The van der Waals surface area contributed by atoms with Crippen LogP contribution >= 0.6 is 11.6 Å². The van der Waals surface area contributed by atoms with Crippen molar-refractivity contribution in [2.75, 3.05) is 25.0 Å². The second kappa shape index (κ2) is 7.80. The van der Waals surface area contributed by atoms with Crippen LogP contribution in [0.2, 0.25) is 5.15 Å². The summed E-state index contributed by atoms with van der Waals surface area (Å²) in [7, 11) is 0. The number of fused-ring (bicyclic) bond motifs is 1. The van der Waals surface area contributed by atoms with Crippen molar-refractivity contribution >= 4 is 34.5 Å². The van der Waals surface area contributed by atoms with Gasteiger partial charge >= 0.3 is 6.09 Å². The highest BCUT2D eigenvalue weighted by molar-refractivity contribution is 6.30. The summed E-state index contributed by atoms with van der Waals surface area (Å²) in [4.78, 5) is 26.5. The molecule has 0 saturated carbocycles. The standard InChI is InChI=1S/C18H23ClFN5O2/c1-18(2,3)27-17(26)25-9-11(6-12(20)10-25)8-23-16-15-13(7-14(19)24-16)21-4-5-22-15/h4-5,7,11-12H,6,8-10H2,1-3H3,(H,23,24). The van der Waals surface area contributed by atoms with Gasteiger partial charge in [0.15, 0.2) is 5.82 Å². The van der Waals surface area contributed by atoms with Crippen molar-refractivity contribution < 1.29 is 13.9 Å². The molecule has 146 valence electrons. The fraction of sp³-hybridized carbons (Fsp3) is 0.556. The van der Waals surface area contributed by atoms with E-state index in [2.05, 4.69) is 20.3 Å². The van der Waals surface area contributed by atoms with Crippen molar-refractivity contribution in [3.05, 3.63) is 23.6 Å². The number of aromatic nitrogens is 3. The van der Waals surface area contributed by atoms with Crippen LogP contribution in [0.5, 0.6) is 0 Å². The molecule has 3 heterocycles. The maximum absolute atomic E-state index is 14.2. The molecular weight excluding hydrogens is 373 g/mol. The molecule has 0 aromatic carbocycles. The van der Waals surface area contributed by atoms with Gasteiger partial charge in [-0.05, 0) is 33.1 Å². The van der Waals surface area contributed by atoms with Gasteiger partial charge in [0.2, 0.25) is 0 Å². The number of amides is 1. The smallest absolute Gasteiger partial charge is 0.410 e. The summed E-state index contributed by atoms with van der Waals surface area (Å²) in [5.41, 5.74) is 0.608. The number of carbonyl (C=O) groups excluding carboxylic acids is 1. The first-order valence-corrected chi connectivity index (χ1v) is 9.22. The van der Waals surface area contributed by atoms with E-state index >= 15 is 0 Å². The normalized spacial score (nSPS) is 20.6. The Morgan fingerprint density at radius 2 is 2.11 bits per heavy atom. The Labute approximate surface area is 162 Å². The van der Waals surface area contributed by atoms with E-state index < -0.39 is 17.9 Å². The highest BCUT2D eigenvalue weighted by atomic mass is 35.5. The van der Waals surface area contributed by atoms with Crippen molar-refractivity contribution in [1.82, 2.24) is 19.9 Å². The van der Waals surface area contributed by atoms with Gasteiger partial charge in [-0.3, -0.25) is 4.98 Å². The first-order chi connectivity index (χ1) is 12.7. The monoisotopic (exact) mass is 395 g/mol. The van der Waals surface area contributed by atoms with Crippen molar-refractivity contribution in [1.29, 1.82) is 0 Å². The molecule has 1 saturated heterocycles. The molecule has 9 heteroatoms. The molecule has 0 aliphatic carbocycles. The molecule has 2 aromatic rings. The largest absolute Gasteiger partial charge is 0.444 e. The SMILES string of the molecule is CC(C)(C)OC(=O)N1CC(F)CC(CNc2nc(Cl)cc3nccnc23)C1. The van der Waals surface area contributed by atoms with Gasteiger partial charge in [0.25, 0.3) is 0 Å². The quantitative estimate of drug-likeness (QED) is 0.798. The number of rotatable bonds is 3. The van der Waals surface area contributed by atoms with E-state index in [1.165, 1.54) is 4.90 Å². The number of nitrogens with zero attached hydrogens (tertiary/aromatic N) is 4. The highest BCUT2D eigenvalue weighted by Crippen LogP contribution is 2.24. The molecule has 0 bridgehead atoms. The molecule has 1 aliphatic rings. The average molecular weight is 396 g/mol. The van der Waals surface area contributed by atoms with Crippen molar-refractivity contribution in [2.45, 2.75) is 39.0 Å². The molecule has 2 atom stereocenters. The van der Waals surface area contributed by atoms with Crippen LogP contribution in [0, 0.1) is 5.92 Å². The van der Waals surface area contributed by atoms with Gasteiger partial charge in [-0.1, -0.05) is 11.6 Å². The maximum atomic E-state index is 14.2. The van der Waals surface area contributed by atoms with E-state index in [1.807, 2.05) is 0 Å². The van der Waals surface area contributed by atoms with E-state index in [4.69, 9.17) is 16.3 Å². The second-order valence-electron chi connectivity index (χ2n) is 7.68. The van der Waals surface area contributed by atoms with Gasteiger partial charge in [-0.15, -0.1) is 0 Å². The van der Waals surface area contributed by atoms with Gasteiger partial charge in [0, 0.05) is 31.5 Å². The minimum absolute atomic E-state index is 0.0508. The third kappa shape index (κ3) is 5.15. The number of likely N-dealkylation sites (tertiary alicyclic amines) is 1. The lowest BCUT2D eigenvalue weighted by Crippen LogP contribution is -2.48. The van der Waals surface area contributed by atoms with Gasteiger partial charge in [0.05, 0.1) is 12.1 Å². The minimum Gasteiger partial charge on any atom is -0.444 e. The van der Waals surface area contributed by atoms with E-state index in [0.717, 1.165) is 0 Å². The number of piperidine rings is 1. The molecule has 1 amide bonds. The molecule has 0 spiro atoms. The Morgan fingerprint density at radius 1 is 1.37 bits per heavy atom. The highest BCUT2D eigenvalue weighted by Gasteiger charge is 2.32. The van der Waals surface area contributed by atoms with E-state index in [1.54, 1.807) is 39.2 Å². The van der Waals surface area contributed by atoms with Crippen molar-refractivity contribution in [3.63, 3.8) is 0 Å². The van der Waals surface area contributed by atoms with Gasteiger partial charge < -0.3 is 15.0 Å². The average Bonchev–Trinajstić information content (AvgIpc) is 2.57. The topological polar surface area (TPSA) is 80.2 Å². The Bertz CT molecular complexity index is 829. The number of pyridine rings is 1. The fourth-order valence-corrected chi connectivity index (χ4v) is 3.25. The van der Waals surface area contributed by atoms with Gasteiger partial charge in [0.1, 0.15) is 22.4 Å². The van der Waals surface area contributed by atoms with Crippen LogP contribution in [0.4, 0.5) is 15.0 Å². The lowest BCUT2D eigenvalue weighted by Gasteiger charge is -2.35. The predicted octanol–water partition coefficient (Wildman–Crippen LogP) is 3.69. The van der Waals surface area contributed by atoms with Gasteiger partial charge in [-0.2, -0.15) is 0 Å². The van der Waals surface area contributed by atoms with E-state index in [9.17, 15) is 9.18 Å². The molecule has 0 radical (unpaired) electrons. The Kier molecular flexibility index (Phi) is 5.64. The number of alkyl halides is 1. The number of hydrogen-bond acceptors (Lipinski definition) is 6. The molecule has 2 unspecified atom stereocenters. The Morgan fingerprint density at radius 3 is 2.85 bits per heavy atom. The fourth-order valence-electron chi connectivity index (χ4n) is 3.07.